The summed E-state index contributed by atoms with van der Waals surface area (Å²) < 4.78 is 0. The molecule has 0 spiro atoms. The summed E-state index contributed by atoms with van der Waals surface area (Å²) in [4.78, 5) is 0. The van der Waals surface area contributed by atoms with Crippen molar-refractivity contribution in [3.05, 3.63) is 35.9 Å². The van der Waals surface area contributed by atoms with Crippen LogP contribution < -0.4 is 0 Å². The molecule has 1 aromatic rings. The van der Waals surface area contributed by atoms with Crippen LogP contribution in [0.5, 0.6) is 0 Å². The average Bonchev–Trinajstić information content (AvgIpc) is 2.16. The lowest BCUT2D eigenvalue weighted by Gasteiger charge is -2.10. The summed E-state index contributed by atoms with van der Waals surface area (Å²) in [6, 6.07) is 10.2. The highest BCUT2D eigenvalue weighted by molar-refractivity contribution is 5.14. The molecule has 0 saturated carbocycles. The quantitative estimate of drug-likeness (QED) is 0.689. The molecule has 0 heterocycles. The van der Waals surface area contributed by atoms with E-state index in [0.717, 1.165) is 6.42 Å². The normalized spacial score (nSPS) is 10.6. The van der Waals surface area contributed by atoms with Gasteiger partial charge in [-0.05, 0) is 12.0 Å². The minimum absolute atomic E-state index is 0.687. The average molecular weight is 165 g/mol. The molecule has 0 aromatic heterocycles. The summed E-state index contributed by atoms with van der Waals surface area (Å²) in [5, 5.41) is 10.5. The number of rotatable bonds is 4. The van der Waals surface area contributed by atoms with Crippen LogP contribution in [0.1, 0.15) is 12.5 Å². The van der Waals surface area contributed by atoms with Gasteiger partial charge < -0.3 is 5.21 Å². The van der Waals surface area contributed by atoms with Gasteiger partial charge in [0.05, 0.1) is 0 Å². The van der Waals surface area contributed by atoms with Gasteiger partial charge in [0.15, 0.2) is 0 Å². The van der Waals surface area contributed by atoms with Gasteiger partial charge in [-0.3, -0.25) is 0 Å². The summed E-state index contributed by atoms with van der Waals surface area (Å²) in [7, 11) is 0. The van der Waals surface area contributed by atoms with Crippen molar-refractivity contribution in [1.29, 1.82) is 0 Å². The van der Waals surface area contributed by atoms with Crippen molar-refractivity contribution in [1.82, 2.24) is 5.06 Å². The van der Waals surface area contributed by atoms with Gasteiger partial charge in [0.1, 0.15) is 0 Å². The second-order valence-corrected chi connectivity index (χ2v) is 2.78. The Morgan fingerprint density at radius 1 is 1.25 bits per heavy atom. The highest BCUT2D eigenvalue weighted by atomic mass is 16.5. The zero-order valence-corrected chi connectivity index (χ0v) is 7.40. The van der Waals surface area contributed by atoms with E-state index in [1.54, 1.807) is 0 Å². The summed E-state index contributed by atoms with van der Waals surface area (Å²) in [6.45, 7) is 3.33. The monoisotopic (exact) mass is 165 g/mol. The van der Waals surface area contributed by atoms with E-state index < -0.39 is 0 Å². The molecule has 0 aliphatic carbocycles. The fourth-order valence-corrected chi connectivity index (χ4v) is 1.06. The third-order valence-electron chi connectivity index (χ3n) is 1.87. The lowest BCUT2D eigenvalue weighted by atomic mass is 10.1. The van der Waals surface area contributed by atoms with Crippen molar-refractivity contribution in [2.24, 2.45) is 0 Å². The van der Waals surface area contributed by atoms with Gasteiger partial charge in [0, 0.05) is 13.1 Å². The number of nitrogens with zero attached hydrogens (tertiary/aromatic N) is 1. The summed E-state index contributed by atoms with van der Waals surface area (Å²) >= 11 is 0. The molecule has 2 nitrogen and oxygen atoms in total. The Bertz CT molecular complexity index is 210. The molecule has 0 bridgehead atoms. The van der Waals surface area contributed by atoms with E-state index >= 15 is 0 Å². The van der Waals surface area contributed by atoms with E-state index in [0.29, 0.717) is 13.1 Å². The highest BCUT2D eigenvalue weighted by Gasteiger charge is 1.96. The van der Waals surface area contributed by atoms with Crippen LogP contribution in [0.25, 0.3) is 0 Å². The van der Waals surface area contributed by atoms with Gasteiger partial charge in [-0.25, -0.2) is 0 Å². The number of likely N-dealkylation sites (N-methyl/N-ethyl adjacent to an activating group) is 1. The van der Waals surface area contributed by atoms with E-state index in [1.165, 1.54) is 10.6 Å². The zero-order chi connectivity index (χ0) is 8.81. The second-order valence-electron chi connectivity index (χ2n) is 2.78. The SMILES string of the molecule is CCN(O)CCc1ccccc1. The Morgan fingerprint density at radius 3 is 2.50 bits per heavy atom. The van der Waals surface area contributed by atoms with Crippen molar-refractivity contribution in [3.63, 3.8) is 0 Å². The van der Waals surface area contributed by atoms with Crippen LogP contribution in [0.15, 0.2) is 30.3 Å². The van der Waals surface area contributed by atoms with Crippen molar-refractivity contribution < 1.29 is 5.21 Å². The summed E-state index contributed by atoms with van der Waals surface area (Å²) in [5.41, 5.74) is 1.27. The molecule has 1 rings (SSSR count). The second kappa shape index (κ2) is 4.91. The van der Waals surface area contributed by atoms with Crippen molar-refractivity contribution in [2.45, 2.75) is 13.3 Å². The van der Waals surface area contributed by atoms with E-state index in [2.05, 4.69) is 12.1 Å². The first-order valence-corrected chi connectivity index (χ1v) is 4.30. The zero-order valence-electron chi connectivity index (χ0n) is 7.40. The molecule has 0 fully saturated rings. The van der Waals surface area contributed by atoms with Crippen LogP contribution in [0.3, 0.4) is 0 Å². The molecule has 0 unspecified atom stereocenters. The van der Waals surface area contributed by atoms with E-state index in [-0.39, 0.29) is 0 Å². The van der Waals surface area contributed by atoms with Crippen molar-refractivity contribution in [3.8, 4) is 0 Å². The summed E-state index contributed by atoms with van der Waals surface area (Å²) in [6.07, 6.45) is 0.908. The molecular formula is C10H15NO. The Hall–Kier alpha value is -0.860. The predicted octanol–water partition coefficient (Wildman–Crippen LogP) is 1.94. The molecule has 0 aliphatic heterocycles. The van der Waals surface area contributed by atoms with Crippen molar-refractivity contribution >= 4 is 0 Å². The Labute approximate surface area is 73.4 Å². The molecule has 0 amide bonds. The molecule has 1 N–H and O–H groups in total. The highest BCUT2D eigenvalue weighted by Crippen LogP contribution is 1.99. The first-order chi connectivity index (χ1) is 5.83. The lowest BCUT2D eigenvalue weighted by Crippen LogP contribution is -2.21. The maximum Gasteiger partial charge on any atom is 0.0278 e. The number of hydrogen-bond acceptors (Lipinski definition) is 2. The third-order valence-corrected chi connectivity index (χ3v) is 1.87. The van der Waals surface area contributed by atoms with Gasteiger partial charge in [-0.1, -0.05) is 37.3 Å². The van der Waals surface area contributed by atoms with Crippen LogP contribution in [0.4, 0.5) is 0 Å². The van der Waals surface area contributed by atoms with Crippen LogP contribution in [0, 0.1) is 0 Å². The minimum atomic E-state index is 0.687. The summed E-state index contributed by atoms with van der Waals surface area (Å²) in [5.74, 6) is 0. The molecule has 2 heteroatoms. The fraction of sp³-hybridized carbons (Fsp3) is 0.400. The number of hydrogen-bond donors (Lipinski definition) is 1. The largest absolute Gasteiger partial charge is 0.314 e. The molecule has 12 heavy (non-hydrogen) atoms. The molecule has 1 aromatic carbocycles. The van der Waals surface area contributed by atoms with Gasteiger partial charge >= 0.3 is 0 Å². The molecule has 0 aliphatic rings. The van der Waals surface area contributed by atoms with Crippen molar-refractivity contribution in [2.75, 3.05) is 13.1 Å². The molecule has 0 atom stereocenters. The van der Waals surface area contributed by atoms with Crippen LogP contribution in [-0.4, -0.2) is 23.4 Å². The van der Waals surface area contributed by atoms with Crippen LogP contribution in [-0.2, 0) is 6.42 Å². The predicted molar refractivity (Wildman–Crippen MR) is 49.2 cm³/mol. The fourth-order valence-electron chi connectivity index (χ4n) is 1.06. The number of benzene rings is 1. The standard InChI is InChI=1S/C10H15NO/c1-2-11(12)9-8-10-6-4-3-5-7-10/h3-7,12H,2,8-9H2,1H3. The molecule has 66 valence electrons. The van der Waals surface area contributed by atoms with E-state index in [1.807, 2.05) is 25.1 Å². The third kappa shape index (κ3) is 3.03. The number of hydroxylamine groups is 2. The molecular weight excluding hydrogens is 150 g/mol. The molecule has 0 saturated heterocycles. The van der Waals surface area contributed by atoms with Gasteiger partial charge in [0.2, 0.25) is 0 Å². The van der Waals surface area contributed by atoms with Gasteiger partial charge in [-0.15, -0.1) is 0 Å². The maximum absolute atomic E-state index is 9.15. The lowest BCUT2D eigenvalue weighted by molar-refractivity contribution is -0.0849. The van der Waals surface area contributed by atoms with Gasteiger partial charge in [0.25, 0.3) is 0 Å². The van der Waals surface area contributed by atoms with Crippen LogP contribution >= 0.6 is 0 Å². The topological polar surface area (TPSA) is 23.5 Å². The smallest absolute Gasteiger partial charge is 0.0278 e. The Balaban J connectivity index is 2.33. The Morgan fingerprint density at radius 2 is 1.92 bits per heavy atom. The molecule has 0 radical (unpaired) electrons. The van der Waals surface area contributed by atoms with E-state index in [4.69, 9.17) is 5.21 Å². The van der Waals surface area contributed by atoms with Gasteiger partial charge in [-0.2, -0.15) is 5.06 Å². The maximum atomic E-state index is 9.15. The first-order valence-electron chi connectivity index (χ1n) is 4.30. The first kappa shape index (κ1) is 9.23. The Kier molecular flexibility index (Phi) is 3.77. The minimum Gasteiger partial charge on any atom is -0.314 e. The van der Waals surface area contributed by atoms with Crippen LogP contribution in [0.2, 0.25) is 0 Å². The van der Waals surface area contributed by atoms with E-state index in [9.17, 15) is 0 Å².